The quantitative estimate of drug-likeness (QED) is 0.542. The van der Waals surface area contributed by atoms with Gasteiger partial charge in [0.1, 0.15) is 5.82 Å². The van der Waals surface area contributed by atoms with E-state index in [0.29, 0.717) is 31.6 Å². The average Bonchev–Trinajstić information content (AvgIpc) is 2.54. The second-order valence-corrected chi connectivity index (χ2v) is 5.75. The second kappa shape index (κ2) is 11.0. The summed E-state index contributed by atoms with van der Waals surface area (Å²) in [5.74, 6) is -0.949. The number of aryl methyl sites for hydroxylation is 1. The molecule has 1 aromatic rings. The Balaban J connectivity index is 2.41. The van der Waals surface area contributed by atoms with E-state index in [0.717, 1.165) is 12.0 Å². The third-order valence-electron chi connectivity index (χ3n) is 3.54. The summed E-state index contributed by atoms with van der Waals surface area (Å²) in [6.45, 7) is 2.44. The summed E-state index contributed by atoms with van der Waals surface area (Å²) in [6, 6.07) is 3.64. The Morgan fingerprint density at radius 1 is 1.32 bits per heavy atom. The molecule has 0 atom stereocenters. The van der Waals surface area contributed by atoms with Crippen molar-refractivity contribution < 1.29 is 19.5 Å². The standard InChI is InChI=1S/C17H26N4O4/c1-2-10-21(12-15(22)20-9-7-17(24)25)16(23)5-3-4-13-6-8-19-14(18)11-13/h6,8,11H,2-5,7,9-10,12H2,1H3,(H2,18,19)(H,20,22)(H,24,25). The minimum absolute atomic E-state index is 0.0471. The van der Waals surface area contributed by atoms with E-state index < -0.39 is 5.97 Å². The molecule has 0 aliphatic heterocycles. The van der Waals surface area contributed by atoms with Gasteiger partial charge in [-0.25, -0.2) is 4.98 Å². The molecule has 0 aromatic carbocycles. The van der Waals surface area contributed by atoms with Crippen molar-refractivity contribution in [2.75, 3.05) is 25.4 Å². The smallest absolute Gasteiger partial charge is 0.305 e. The number of amides is 2. The third kappa shape index (κ3) is 8.69. The van der Waals surface area contributed by atoms with E-state index in [1.165, 1.54) is 4.90 Å². The summed E-state index contributed by atoms with van der Waals surface area (Å²) in [6.07, 6.45) is 3.95. The zero-order valence-corrected chi connectivity index (χ0v) is 14.5. The van der Waals surface area contributed by atoms with Gasteiger partial charge in [0.15, 0.2) is 0 Å². The van der Waals surface area contributed by atoms with Crippen molar-refractivity contribution >= 4 is 23.6 Å². The third-order valence-corrected chi connectivity index (χ3v) is 3.54. The predicted octanol–water partition coefficient (Wildman–Crippen LogP) is 0.816. The number of nitrogens with two attached hydrogens (primary N) is 1. The molecule has 0 saturated carbocycles. The van der Waals surface area contributed by atoms with Crippen LogP contribution in [0, 0.1) is 0 Å². The lowest BCUT2D eigenvalue weighted by atomic mass is 10.1. The molecular formula is C17H26N4O4. The molecule has 25 heavy (non-hydrogen) atoms. The normalized spacial score (nSPS) is 10.3. The lowest BCUT2D eigenvalue weighted by Crippen LogP contribution is -2.41. The summed E-state index contributed by atoms with van der Waals surface area (Å²) in [5.41, 5.74) is 6.65. The van der Waals surface area contributed by atoms with Gasteiger partial charge >= 0.3 is 5.97 Å². The zero-order valence-electron chi connectivity index (χ0n) is 14.5. The number of nitrogen functional groups attached to an aromatic ring is 1. The van der Waals surface area contributed by atoms with Crippen LogP contribution in [0.25, 0.3) is 0 Å². The molecule has 1 heterocycles. The topological polar surface area (TPSA) is 126 Å². The first-order chi connectivity index (χ1) is 11.9. The molecule has 0 unspecified atom stereocenters. The molecule has 0 fully saturated rings. The maximum atomic E-state index is 12.3. The number of hydrogen-bond acceptors (Lipinski definition) is 5. The summed E-state index contributed by atoms with van der Waals surface area (Å²) < 4.78 is 0. The highest BCUT2D eigenvalue weighted by Gasteiger charge is 2.16. The number of aliphatic carboxylic acids is 1. The molecule has 0 radical (unpaired) electrons. The Labute approximate surface area is 147 Å². The van der Waals surface area contributed by atoms with Crippen LogP contribution in [0.5, 0.6) is 0 Å². The van der Waals surface area contributed by atoms with Crippen LogP contribution in [0.4, 0.5) is 5.82 Å². The number of carbonyl (C=O) groups is 3. The van der Waals surface area contributed by atoms with Gasteiger partial charge in [0.05, 0.1) is 13.0 Å². The minimum Gasteiger partial charge on any atom is -0.481 e. The van der Waals surface area contributed by atoms with Crippen molar-refractivity contribution in [3.63, 3.8) is 0 Å². The number of nitrogens with zero attached hydrogens (tertiary/aromatic N) is 2. The summed E-state index contributed by atoms with van der Waals surface area (Å²) >= 11 is 0. The van der Waals surface area contributed by atoms with Crippen LogP contribution in [-0.2, 0) is 20.8 Å². The van der Waals surface area contributed by atoms with E-state index in [-0.39, 0.29) is 31.3 Å². The molecule has 0 spiro atoms. The van der Waals surface area contributed by atoms with Crippen LogP contribution in [0.2, 0.25) is 0 Å². The summed E-state index contributed by atoms with van der Waals surface area (Å²) in [7, 11) is 0. The highest BCUT2D eigenvalue weighted by atomic mass is 16.4. The molecule has 1 rings (SSSR count). The predicted molar refractivity (Wildman–Crippen MR) is 93.7 cm³/mol. The van der Waals surface area contributed by atoms with Gasteiger partial charge in [-0.15, -0.1) is 0 Å². The lowest BCUT2D eigenvalue weighted by Gasteiger charge is -2.21. The van der Waals surface area contributed by atoms with E-state index in [4.69, 9.17) is 10.8 Å². The first kappa shape index (κ1) is 20.4. The number of pyridine rings is 1. The van der Waals surface area contributed by atoms with Crippen molar-refractivity contribution in [1.29, 1.82) is 0 Å². The highest BCUT2D eigenvalue weighted by Crippen LogP contribution is 2.09. The Kier molecular flexibility index (Phi) is 8.99. The molecule has 0 aliphatic rings. The zero-order chi connectivity index (χ0) is 18.7. The maximum Gasteiger partial charge on any atom is 0.305 e. The lowest BCUT2D eigenvalue weighted by molar-refractivity contribution is -0.138. The fraction of sp³-hybridized carbons (Fsp3) is 0.529. The Morgan fingerprint density at radius 3 is 2.72 bits per heavy atom. The van der Waals surface area contributed by atoms with E-state index in [9.17, 15) is 14.4 Å². The molecule has 8 heteroatoms. The molecule has 2 amide bonds. The van der Waals surface area contributed by atoms with Crippen LogP contribution < -0.4 is 11.1 Å². The Morgan fingerprint density at radius 2 is 2.08 bits per heavy atom. The van der Waals surface area contributed by atoms with Gasteiger partial charge in [0.2, 0.25) is 11.8 Å². The minimum atomic E-state index is -0.974. The monoisotopic (exact) mass is 350 g/mol. The van der Waals surface area contributed by atoms with Crippen molar-refractivity contribution in [3.8, 4) is 0 Å². The van der Waals surface area contributed by atoms with Gasteiger partial charge in [0.25, 0.3) is 0 Å². The number of aromatic nitrogens is 1. The number of nitrogens with one attached hydrogen (secondary N) is 1. The molecule has 0 bridgehead atoms. The largest absolute Gasteiger partial charge is 0.481 e. The van der Waals surface area contributed by atoms with Crippen molar-refractivity contribution in [1.82, 2.24) is 15.2 Å². The summed E-state index contributed by atoms with van der Waals surface area (Å²) in [5, 5.41) is 11.1. The summed E-state index contributed by atoms with van der Waals surface area (Å²) in [4.78, 5) is 40.0. The van der Waals surface area contributed by atoms with E-state index in [2.05, 4.69) is 10.3 Å². The van der Waals surface area contributed by atoms with Crippen molar-refractivity contribution in [3.05, 3.63) is 23.9 Å². The first-order valence-corrected chi connectivity index (χ1v) is 8.39. The molecular weight excluding hydrogens is 324 g/mol. The number of anilines is 1. The molecule has 8 nitrogen and oxygen atoms in total. The SMILES string of the molecule is CCCN(CC(=O)NCCC(=O)O)C(=O)CCCc1ccnc(N)c1. The van der Waals surface area contributed by atoms with Gasteiger partial charge in [-0.05, 0) is 37.0 Å². The van der Waals surface area contributed by atoms with Gasteiger partial charge in [-0.1, -0.05) is 6.92 Å². The van der Waals surface area contributed by atoms with Gasteiger partial charge in [-0.3, -0.25) is 14.4 Å². The fourth-order valence-electron chi connectivity index (χ4n) is 2.35. The molecule has 1 aromatic heterocycles. The fourth-order valence-corrected chi connectivity index (χ4v) is 2.35. The van der Waals surface area contributed by atoms with E-state index >= 15 is 0 Å². The van der Waals surface area contributed by atoms with Crippen molar-refractivity contribution in [2.24, 2.45) is 0 Å². The van der Waals surface area contributed by atoms with Crippen LogP contribution in [0.1, 0.15) is 38.2 Å². The Bertz CT molecular complexity index is 592. The van der Waals surface area contributed by atoms with Gasteiger partial charge in [-0.2, -0.15) is 0 Å². The first-order valence-electron chi connectivity index (χ1n) is 8.39. The van der Waals surface area contributed by atoms with Crippen LogP contribution >= 0.6 is 0 Å². The van der Waals surface area contributed by atoms with Gasteiger partial charge < -0.3 is 21.1 Å². The number of carbonyl (C=O) groups excluding carboxylic acids is 2. The molecule has 0 aliphatic carbocycles. The van der Waals surface area contributed by atoms with Crippen LogP contribution in [0.3, 0.4) is 0 Å². The highest BCUT2D eigenvalue weighted by molar-refractivity contribution is 5.85. The number of rotatable bonds is 11. The second-order valence-electron chi connectivity index (χ2n) is 5.75. The number of carboxylic acid groups (broad SMARTS) is 1. The molecule has 0 saturated heterocycles. The molecule has 4 N–H and O–H groups in total. The van der Waals surface area contributed by atoms with Crippen LogP contribution in [-0.4, -0.2) is 52.4 Å². The van der Waals surface area contributed by atoms with Crippen LogP contribution in [0.15, 0.2) is 18.3 Å². The Hall–Kier alpha value is -2.64. The molecule has 138 valence electrons. The number of carboxylic acids is 1. The van der Waals surface area contributed by atoms with Crippen molar-refractivity contribution in [2.45, 2.75) is 39.0 Å². The average molecular weight is 350 g/mol. The van der Waals surface area contributed by atoms with E-state index in [1.54, 1.807) is 12.3 Å². The van der Waals surface area contributed by atoms with Gasteiger partial charge in [0, 0.05) is 25.7 Å². The maximum absolute atomic E-state index is 12.3. The number of hydrogen-bond donors (Lipinski definition) is 3. The van der Waals surface area contributed by atoms with E-state index in [1.807, 2.05) is 13.0 Å².